The van der Waals surface area contributed by atoms with Gasteiger partial charge in [0.05, 0.1) is 17.3 Å². The van der Waals surface area contributed by atoms with Crippen LogP contribution >= 0.6 is 0 Å². The molecule has 19 heavy (non-hydrogen) atoms. The van der Waals surface area contributed by atoms with E-state index >= 15 is 0 Å². The highest BCUT2D eigenvalue weighted by Crippen LogP contribution is 2.20. The Balaban J connectivity index is 1.88. The molecule has 0 bridgehead atoms. The van der Waals surface area contributed by atoms with Gasteiger partial charge in [-0.2, -0.15) is 15.4 Å². The van der Waals surface area contributed by atoms with Crippen LogP contribution in [0.15, 0.2) is 24.4 Å². The number of rotatable bonds is 2. The Morgan fingerprint density at radius 3 is 2.68 bits per heavy atom. The number of nitrogens with one attached hydrogen (secondary N) is 3. The van der Waals surface area contributed by atoms with Gasteiger partial charge in [-0.25, -0.2) is 0 Å². The van der Waals surface area contributed by atoms with Gasteiger partial charge in [0, 0.05) is 5.69 Å². The number of H-pyrrole nitrogens is 1. The molecule has 1 aromatic carbocycles. The number of carbonyl (C=O) groups is 3. The monoisotopic (exact) mass is 257 g/mol. The largest absolute Gasteiger partial charge is 0.321 e. The summed E-state index contributed by atoms with van der Waals surface area (Å²) in [6.45, 7) is 0. The number of nitrogens with zero attached hydrogens (tertiary/aromatic N) is 2. The molecule has 2 heterocycles. The summed E-state index contributed by atoms with van der Waals surface area (Å²) in [5.74, 6) is -1.37. The third-order valence-electron chi connectivity index (χ3n) is 2.64. The first kappa shape index (κ1) is 11.1. The van der Waals surface area contributed by atoms with Crippen LogP contribution in [0.4, 0.5) is 5.69 Å². The van der Waals surface area contributed by atoms with Crippen LogP contribution in [0.1, 0.15) is 31.2 Å². The summed E-state index contributed by atoms with van der Waals surface area (Å²) >= 11 is 0. The van der Waals surface area contributed by atoms with Crippen molar-refractivity contribution in [3.05, 3.63) is 41.2 Å². The van der Waals surface area contributed by atoms with E-state index in [4.69, 9.17) is 0 Å². The van der Waals surface area contributed by atoms with Crippen LogP contribution in [0.2, 0.25) is 0 Å². The van der Waals surface area contributed by atoms with Crippen LogP contribution in [-0.2, 0) is 0 Å². The molecule has 3 rings (SSSR count). The van der Waals surface area contributed by atoms with Crippen LogP contribution in [0, 0.1) is 0 Å². The summed E-state index contributed by atoms with van der Waals surface area (Å²) in [5, 5.41) is 14.2. The van der Waals surface area contributed by atoms with Gasteiger partial charge in [0.2, 0.25) is 0 Å². The Morgan fingerprint density at radius 1 is 1.16 bits per heavy atom. The molecule has 8 nitrogen and oxygen atoms in total. The van der Waals surface area contributed by atoms with Gasteiger partial charge >= 0.3 is 0 Å². The molecule has 2 aromatic rings. The van der Waals surface area contributed by atoms with E-state index in [1.54, 1.807) is 0 Å². The molecule has 8 heteroatoms. The number of imide groups is 1. The predicted octanol–water partition coefficient (Wildman–Crippen LogP) is -0.0594. The first-order valence-corrected chi connectivity index (χ1v) is 5.32. The minimum Gasteiger partial charge on any atom is -0.321 e. The topological polar surface area (TPSA) is 117 Å². The van der Waals surface area contributed by atoms with Crippen molar-refractivity contribution in [2.75, 3.05) is 5.32 Å². The molecule has 0 aliphatic carbocycles. The summed E-state index contributed by atoms with van der Waals surface area (Å²) in [6.07, 6.45) is 1.28. The van der Waals surface area contributed by atoms with E-state index in [1.807, 2.05) is 0 Å². The molecule has 94 valence electrons. The molecular weight excluding hydrogens is 250 g/mol. The van der Waals surface area contributed by atoms with Crippen LogP contribution in [0.5, 0.6) is 0 Å². The zero-order valence-electron chi connectivity index (χ0n) is 9.43. The van der Waals surface area contributed by atoms with Crippen LogP contribution in [0.25, 0.3) is 0 Å². The third-order valence-corrected chi connectivity index (χ3v) is 2.64. The first-order valence-electron chi connectivity index (χ1n) is 5.32. The second-order valence-corrected chi connectivity index (χ2v) is 3.85. The quantitative estimate of drug-likeness (QED) is 0.651. The fourth-order valence-electron chi connectivity index (χ4n) is 1.75. The first-order chi connectivity index (χ1) is 9.15. The van der Waals surface area contributed by atoms with E-state index in [-0.39, 0.29) is 11.3 Å². The Bertz CT molecular complexity index is 692. The van der Waals surface area contributed by atoms with Gasteiger partial charge in [-0.15, -0.1) is 0 Å². The molecule has 1 aliphatic heterocycles. The van der Waals surface area contributed by atoms with Crippen molar-refractivity contribution >= 4 is 23.4 Å². The summed E-state index contributed by atoms with van der Waals surface area (Å²) in [5.41, 5.74) is 1.06. The number of hydrogen-bond donors (Lipinski definition) is 3. The molecule has 1 aromatic heterocycles. The fourth-order valence-corrected chi connectivity index (χ4v) is 1.75. The van der Waals surface area contributed by atoms with Gasteiger partial charge in [0.1, 0.15) is 0 Å². The van der Waals surface area contributed by atoms with E-state index in [2.05, 4.69) is 26.0 Å². The summed E-state index contributed by atoms with van der Waals surface area (Å²) in [6, 6.07) is 4.45. The van der Waals surface area contributed by atoms with Gasteiger partial charge in [0.15, 0.2) is 5.69 Å². The Kier molecular flexibility index (Phi) is 2.34. The number of aromatic nitrogens is 3. The van der Waals surface area contributed by atoms with Gasteiger partial charge < -0.3 is 5.32 Å². The van der Waals surface area contributed by atoms with Crippen LogP contribution < -0.4 is 10.6 Å². The van der Waals surface area contributed by atoms with E-state index in [0.29, 0.717) is 11.3 Å². The van der Waals surface area contributed by atoms with Crippen LogP contribution in [-0.4, -0.2) is 33.1 Å². The van der Waals surface area contributed by atoms with Crippen molar-refractivity contribution < 1.29 is 14.4 Å². The average Bonchev–Trinajstić information content (AvgIpc) is 2.99. The maximum atomic E-state index is 11.7. The zero-order valence-corrected chi connectivity index (χ0v) is 9.43. The fraction of sp³-hybridized carbons (Fsp3) is 0. The summed E-state index contributed by atoms with van der Waals surface area (Å²) in [7, 11) is 0. The number of aromatic amines is 1. The lowest BCUT2D eigenvalue weighted by Gasteiger charge is -2.03. The lowest BCUT2D eigenvalue weighted by atomic mass is 10.1. The van der Waals surface area contributed by atoms with E-state index in [0.717, 1.165) is 0 Å². The Labute approximate surface area is 106 Å². The lowest BCUT2D eigenvalue weighted by Crippen LogP contribution is -2.19. The molecule has 3 N–H and O–H groups in total. The molecule has 0 saturated heterocycles. The molecule has 0 unspecified atom stereocenters. The van der Waals surface area contributed by atoms with E-state index in [1.165, 1.54) is 24.4 Å². The highest BCUT2D eigenvalue weighted by Gasteiger charge is 2.26. The number of amides is 3. The Hall–Kier alpha value is -3.03. The molecule has 3 amide bonds. The lowest BCUT2D eigenvalue weighted by molar-refractivity contribution is 0.0878. The molecule has 0 saturated carbocycles. The smallest absolute Gasteiger partial charge is 0.277 e. The summed E-state index contributed by atoms with van der Waals surface area (Å²) < 4.78 is 0. The molecule has 0 radical (unpaired) electrons. The number of fused-ring (bicyclic) bond motifs is 1. The predicted molar refractivity (Wildman–Crippen MR) is 62.6 cm³/mol. The average molecular weight is 257 g/mol. The van der Waals surface area contributed by atoms with Crippen molar-refractivity contribution in [2.24, 2.45) is 0 Å². The second kappa shape index (κ2) is 4.02. The number of benzene rings is 1. The van der Waals surface area contributed by atoms with Crippen molar-refractivity contribution in [2.45, 2.75) is 0 Å². The number of carbonyl (C=O) groups excluding carboxylic acids is 3. The maximum Gasteiger partial charge on any atom is 0.277 e. The minimum absolute atomic E-state index is 0.126. The van der Waals surface area contributed by atoms with Crippen molar-refractivity contribution in [3.8, 4) is 0 Å². The van der Waals surface area contributed by atoms with E-state index < -0.39 is 17.7 Å². The molecular formula is C11H7N5O3. The number of anilines is 1. The van der Waals surface area contributed by atoms with Crippen molar-refractivity contribution in [1.82, 2.24) is 20.7 Å². The second-order valence-electron chi connectivity index (χ2n) is 3.85. The zero-order chi connectivity index (χ0) is 13.4. The van der Waals surface area contributed by atoms with Crippen molar-refractivity contribution in [1.29, 1.82) is 0 Å². The third kappa shape index (κ3) is 1.84. The normalized spacial score (nSPS) is 13.1. The molecule has 0 atom stereocenters. The van der Waals surface area contributed by atoms with Gasteiger partial charge in [-0.1, -0.05) is 0 Å². The Morgan fingerprint density at radius 2 is 1.95 bits per heavy atom. The van der Waals surface area contributed by atoms with Gasteiger partial charge in [-0.05, 0) is 18.2 Å². The number of hydrogen-bond acceptors (Lipinski definition) is 5. The summed E-state index contributed by atoms with van der Waals surface area (Å²) in [4.78, 5) is 34.5. The molecule has 1 aliphatic rings. The minimum atomic E-state index is -0.475. The highest BCUT2D eigenvalue weighted by atomic mass is 16.2. The molecule has 0 spiro atoms. The maximum absolute atomic E-state index is 11.7. The van der Waals surface area contributed by atoms with Crippen LogP contribution in [0.3, 0.4) is 0 Å². The SMILES string of the molecule is O=C(Nc1ccc2c(c1)C(=O)NC2=O)c1cn[nH]n1. The van der Waals surface area contributed by atoms with Gasteiger partial charge in [0.25, 0.3) is 17.7 Å². The molecule has 0 fully saturated rings. The highest BCUT2D eigenvalue weighted by molar-refractivity contribution is 6.22. The van der Waals surface area contributed by atoms with E-state index in [9.17, 15) is 14.4 Å². The van der Waals surface area contributed by atoms with Gasteiger partial charge in [-0.3, -0.25) is 19.7 Å². The van der Waals surface area contributed by atoms with Crippen molar-refractivity contribution in [3.63, 3.8) is 0 Å². The standard InChI is InChI=1S/C11H7N5O3/c17-9-6-2-1-5(3-7(6)10(18)14-9)13-11(19)8-4-12-16-15-8/h1-4H,(H,13,19)(H,12,15,16)(H,14,17,18).